The standard InChI is InChI=1S/C15H20N4/c1-11-9-14(16-2)18-15(17-11)13-8-6-5-7-12(13)10-19(3)4/h5-9H,10H2,1-4H3,(H,16,17,18). The molecule has 0 aliphatic rings. The molecular weight excluding hydrogens is 236 g/mol. The van der Waals surface area contributed by atoms with Gasteiger partial charge in [-0.15, -0.1) is 0 Å². The summed E-state index contributed by atoms with van der Waals surface area (Å²) in [4.78, 5) is 11.2. The van der Waals surface area contributed by atoms with Gasteiger partial charge in [0.15, 0.2) is 5.82 Å². The van der Waals surface area contributed by atoms with Crippen LogP contribution in [-0.2, 0) is 6.54 Å². The van der Waals surface area contributed by atoms with Crippen molar-refractivity contribution in [1.29, 1.82) is 0 Å². The third kappa shape index (κ3) is 3.29. The molecule has 4 nitrogen and oxygen atoms in total. The zero-order valence-electron chi connectivity index (χ0n) is 11.9. The second kappa shape index (κ2) is 5.80. The maximum atomic E-state index is 4.55. The van der Waals surface area contributed by atoms with Gasteiger partial charge >= 0.3 is 0 Å². The number of nitrogens with zero attached hydrogens (tertiary/aromatic N) is 3. The molecule has 2 rings (SSSR count). The van der Waals surface area contributed by atoms with E-state index in [9.17, 15) is 0 Å². The van der Waals surface area contributed by atoms with Crippen molar-refractivity contribution in [3.05, 3.63) is 41.6 Å². The van der Waals surface area contributed by atoms with Crippen molar-refractivity contribution in [2.45, 2.75) is 13.5 Å². The van der Waals surface area contributed by atoms with Crippen LogP contribution in [0.4, 0.5) is 5.82 Å². The molecule has 19 heavy (non-hydrogen) atoms. The van der Waals surface area contributed by atoms with E-state index >= 15 is 0 Å². The zero-order valence-corrected chi connectivity index (χ0v) is 11.9. The minimum absolute atomic E-state index is 0.779. The van der Waals surface area contributed by atoms with Crippen molar-refractivity contribution >= 4 is 5.82 Å². The molecule has 0 atom stereocenters. The summed E-state index contributed by atoms with van der Waals surface area (Å²) < 4.78 is 0. The number of aryl methyl sites for hydroxylation is 1. The summed E-state index contributed by atoms with van der Waals surface area (Å²) in [6.07, 6.45) is 0. The highest BCUT2D eigenvalue weighted by Gasteiger charge is 2.09. The van der Waals surface area contributed by atoms with E-state index in [1.807, 2.05) is 26.1 Å². The second-order valence-corrected chi connectivity index (χ2v) is 4.86. The molecule has 0 radical (unpaired) electrons. The van der Waals surface area contributed by atoms with E-state index in [1.165, 1.54) is 5.56 Å². The molecule has 0 fully saturated rings. The van der Waals surface area contributed by atoms with Crippen molar-refractivity contribution in [3.8, 4) is 11.4 Å². The highest BCUT2D eigenvalue weighted by molar-refractivity contribution is 5.62. The average Bonchev–Trinajstić information content (AvgIpc) is 2.38. The lowest BCUT2D eigenvalue weighted by Crippen LogP contribution is -2.12. The lowest BCUT2D eigenvalue weighted by atomic mass is 10.1. The molecule has 1 aromatic carbocycles. The van der Waals surface area contributed by atoms with E-state index in [-0.39, 0.29) is 0 Å². The third-order valence-electron chi connectivity index (χ3n) is 2.86. The van der Waals surface area contributed by atoms with Crippen LogP contribution < -0.4 is 5.32 Å². The molecule has 0 saturated heterocycles. The molecule has 0 spiro atoms. The van der Waals surface area contributed by atoms with E-state index in [2.05, 4.69) is 52.5 Å². The number of hydrogen-bond donors (Lipinski definition) is 1. The van der Waals surface area contributed by atoms with Gasteiger partial charge in [0.1, 0.15) is 5.82 Å². The van der Waals surface area contributed by atoms with Gasteiger partial charge in [-0.2, -0.15) is 0 Å². The van der Waals surface area contributed by atoms with Crippen LogP contribution in [0, 0.1) is 6.92 Å². The molecule has 1 N–H and O–H groups in total. The summed E-state index contributed by atoms with van der Waals surface area (Å²) in [6, 6.07) is 10.2. The number of benzene rings is 1. The summed E-state index contributed by atoms with van der Waals surface area (Å²) in [5.74, 6) is 1.63. The van der Waals surface area contributed by atoms with Crippen LogP contribution in [0.3, 0.4) is 0 Å². The first kappa shape index (κ1) is 13.5. The van der Waals surface area contributed by atoms with Crippen LogP contribution in [-0.4, -0.2) is 36.0 Å². The minimum atomic E-state index is 0.779. The van der Waals surface area contributed by atoms with E-state index in [1.54, 1.807) is 0 Å². The maximum Gasteiger partial charge on any atom is 0.162 e. The quantitative estimate of drug-likeness (QED) is 0.912. The zero-order chi connectivity index (χ0) is 13.8. The molecule has 0 amide bonds. The Morgan fingerprint density at radius 3 is 2.58 bits per heavy atom. The average molecular weight is 256 g/mol. The third-order valence-corrected chi connectivity index (χ3v) is 2.86. The molecular formula is C15H20N4. The molecule has 2 aromatic rings. The van der Waals surface area contributed by atoms with E-state index < -0.39 is 0 Å². The Balaban J connectivity index is 2.49. The normalized spacial score (nSPS) is 10.8. The van der Waals surface area contributed by atoms with Crippen LogP contribution >= 0.6 is 0 Å². The molecule has 0 bridgehead atoms. The van der Waals surface area contributed by atoms with Crippen LogP contribution in [0.5, 0.6) is 0 Å². The monoisotopic (exact) mass is 256 g/mol. The van der Waals surface area contributed by atoms with Gasteiger partial charge in [0.05, 0.1) is 0 Å². The Bertz CT molecular complexity index is 564. The van der Waals surface area contributed by atoms with Crippen LogP contribution in [0.1, 0.15) is 11.3 Å². The molecule has 0 unspecified atom stereocenters. The highest BCUT2D eigenvalue weighted by atomic mass is 15.1. The lowest BCUT2D eigenvalue weighted by Gasteiger charge is -2.14. The second-order valence-electron chi connectivity index (χ2n) is 4.86. The van der Waals surface area contributed by atoms with Crippen LogP contribution in [0.2, 0.25) is 0 Å². The van der Waals surface area contributed by atoms with Crippen LogP contribution in [0.25, 0.3) is 11.4 Å². The van der Waals surface area contributed by atoms with Crippen molar-refractivity contribution in [3.63, 3.8) is 0 Å². The first-order valence-corrected chi connectivity index (χ1v) is 6.36. The van der Waals surface area contributed by atoms with Gasteiger partial charge in [-0.05, 0) is 26.6 Å². The molecule has 0 aliphatic heterocycles. The van der Waals surface area contributed by atoms with Gasteiger partial charge in [0.2, 0.25) is 0 Å². The number of rotatable bonds is 4. The number of anilines is 1. The summed E-state index contributed by atoms with van der Waals surface area (Å²) in [7, 11) is 6.00. The van der Waals surface area contributed by atoms with Gasteiger partial charge in [0.25, 0.3) is 0 Å². The van der Waals surface area contributed by atoms with Gasteiger partial charge in [-0.1, -0.05) is 24.3 Å². The molecule has 4 heteroatoms. The Labute approximate surface area is 114 Å². The topological polar surface area (TPSA) is 41.1 Å². The maximum absolute atomic E-state index is 4.55. The molecule has 1 aromatic heterocycles. The molecule has 0 aliphatic carbocycles. The summed E-state index contributed by atoms with van der Waals surface area (Å²) in [5.41, 5.74) is 3.30. The minimum Gasteiger partial charge on any atom is -0.373 e. The highest BCUT2D eigenvalue weighted by Crippen LogP contribution is 2.22. The molecule has 0 saturated carbocycles. The summed E-state index contributed by atoms with van der Waals surface area (Å²) >= 11 is 0. The molecule has 100 valence electrons. The Kier molecular flexibility index (Phi) is 4.12. The lowest BCUT2D eigenvalue weighted by molar-refractivity contribution is 0.403. The Morgan fingerprint density at radius 1 is 1.16 bits per heavy atom. The number of aromatic nitrogens is 2. The van der Waals surface area contributed by atoms with Crippen molar-refractivity contribution in [2.75, 3.05) is 26.5 Å². The first-order valence-electron chi connectivity index (χ1n) is 6.36. The van der Waals surface area contributed by atoms with Gasteiger partial charge in [-0.25, -0.2) is 9.97 Å². The number of hydrogen-bond acceptors (Lipinski definition) is 4. The predicted octanol–water partition coefficient (Wildman–Crippen LogP) is 2.56. The Morgan fingerprint density at radius 2 is 1.89 bits per heavy atom. The van der Waals surface area contributed by atoms with E-state index in [4.69, 9.17) is 0 Å². The largest absolute Gasteiger partial charge is 0.373 e. The fourth-order valence-electron chi connectivity index (χ4n) is 2.03. The summed E-state index contributed by atoms with van der Waals surface area (Å²) in [5, 5.41) is 3.08. The fraction of sp³-hybridized carbons (Fsp3) is 0.333. The SMILES string of the molecule is CNc1cc(C)nc(-c2ccccc2CN(C)C)n1. The van der Waals surface area contributed by atoms with Crippen molar-refractivity contribution < 1.29 is 0 Å². The van der Waals surface area contributed by atoms with Gasteiger partial charge < -0.3 is 10.2 Å². The van der Waals surface area contributed by atoms with Crippen molar-refractivity contribution in [1.82, 2.24) is 14.9 Å². The smallest absolute Gasteiger partial charge is 0.162 e. The fourth-order valence-corrected chi connectivity index (χ4v) is 2.03. The van der Waals surface area contributed by atoms with E-state index in [0.717, 1.165) is 29.4 Å². The predicted molar refractivity (Wildman–Crippen MR) is 79.1 cm³/mol. The summed E-state index contributed by atoms with van der Waals surface area (Å²) in [6.45, 7) is 2.86. The van der Waals surface area contributed by atoms with Gasteiger partial charge in [0, 0.05) is 30.9 Å². The number of nitrogens with one attached hydrogen (secondary N) is 1. The van der Waals surface area contributed by atoms with Crippen LogP contribution in [0.15, 0.2) is 30.3 Å². The Hall–Kier alpha value is -1.94. The molecule has 1 heterocycles. The van der Waals surface area contributed by atoms with E-state index in [0.29, 0.717) is 0 Å². The van der Waals surface area contributed by atoms with Crippen molar-refractivity contribution in [2.24, 2.45) is 0 Å². The van der Waals surface area contributed by atoms with Gasteiger partial charge in [-0.3, -0.25) is 0 Å². The first-order chi connectivity index (χ1) is 9.10.